The molecule has 0 radical (unpaired) electrons. The number of carbonyl (C=O) groups is 1. The van der Waals surface area contributed by atoms with E-state index in [9.17, 15) is 4.79 Å². The number of nitrogens with zero attached hydrogens (tertiary/aromatic N) is 1. The summed E-state index contributed by atoms with van der Waals surface area (Å²) in [4.78, 5) is 15.2. The summed E-state index contributed by atoms with van der Waals surface area (Å²) in [5, 5.41) is 1.19. The van der Waals surface area contributed by atoms with Gasteiger partial charge in [0.15, 0.2) is 0 Å². The lowest BCUT2D eigenvalue weighted by Gasteiger charge is -2.16. The molecule has 27 heavy (non-hydrogen) atoms. The molecule has 2 heterocycles. The van der Waals surface area contributed by atoms with Gasteiger partial charge in [-0.2, -0.15) is 0 Å². The number of benzene rings is 2. The first-order valence-corrected chi connectivity index (χ1v) is 10.1. The molecule has 1 fully saturated rings. The highest BCUT2D eigenvalue weighted by atomic mass is 32.1. The van der Waals surface area contributed by atoms with Crippen molar-refractivity contribution in [1.82, 2.24) is 4.90 Å². The fraction of sp³-hybridized carbons (Fsp3) is 0.318. The van der Waals surface area contributed by atoms with Crippen LogP contribution in [0.15, 0.2) is 48.5 Å². The maximum absolute atomic E-state index is 12.0. The monoisotopic (exact) mass is 380 g/mol. The van der Waals surface area contributed by atoms with E-state index in [0.717, 1.165) is 53.4 Å². The average Bonchev–Trinajstić information content (AvgIpc) is 3.31. The minimum Gasteiger partial charge on any atom is -0.497 e. The molecule has 2 N–H and O–H groups in total. The van der Waals surface area contributed by atoms with Gasteiger partial charge in [-0.05, 0) is 54.1 Å². The molecule has 4 nitrogen and oxygen atoms in total. The predicted octanol–water partition coefficient (Wildman–Crippen LogP) is 4.04. The van der Waals surface area contributed by atoms with Gasteiger partial charge in [0.2, 0.25) is 0 Å². The first-order valence-electron chi connectivity index (χ1n) is 9.32. The highest BCUT2D eigenvalue weighted by Gasteiger charge is 2.29. The number of rotatable bonds is 6. The molecule has 1 saturated heterocycles. The van der Waals surface area contributed by atoms with Crippen LogP contribution in [-0.2, 0) is 6.42 Å². The normalized spacial score (nSPS) is 17.4. The van der Waals surface area contributed by atoms with Crippen molar-refractivity contribution in [3.8, 4) is 5.75 Å². The fourth-order valence-corrected chi connectivity index (χ4v) is 5.15. The summed E-state index contributed by atoms with van der Waals surface area (Å²) in [5.41, 5.74) is 8.17. The van der Waals surface area contributed by atoms with Crippen LogP contribution >= 0.6 is 11.3 Å². The highest BCUT2D eigenvalue weighted by Crippen LogP contribution is 2.39. The van der Waals surface area contributed by atoms with Crippen molar-refractivity contribution < 1.29 is 9.53 Å². The Balaban J connectivity index is 1.47. The number of carbonyl (C=O) groups excluding carboxylic acids is 1. The Kier molecular flexibility index (Phi) is 5.14. The zero-order chi connectivity index (χ0) is 18.8. The van der Waals surface area contributed by atoms with E-state index in [2.05, 4.69) is 29.2 Å². The molecule has 1 amide bonds. The van der Waals surface area contributed by atoms with Gasteiger partial charge in [0.25, 0.3) is 5.91 Å². The molecule has 1 aliphatic heterocycles. The lowest BCUT2D eigenvalue weighted by Crippen LogP contribution is -2.23. The molecule has 1 aromatic heterocycles. The van der Waals surface area contributed by atoms with Gasteiger partial charge in [0.1, 0.15) is 5.75 Å². The van der Waals surface area contributed by atoms with Crippen LogP contribution in [0.4, 0.5) is 0 Å². The Hall–Kier alpha value is -2.37. The van der Waals surface area contributed by atoms with Crippen molar-refractivity contribution in [2.45, 2.75) is 18.8 Å². The van der Waals surface area contributed by atoms with Gasteiger partial charge < -0.3 is 15.4 Å². The van der Waals surface area contributed by atoms with Crippen LogP contribution in [0.1, 0.15) is 33.1 Å². The lowest BCUT2D eigenvalue weighted by atomic mass is 9.95. The van der Waals surface area contributed by atoms with E-state index in [-0.39, 0.29) is 5.91 Å². The number of fused-ring (bicyclic) bond motifs is 1. The molecule has 0 saturated carbocycles. The summed E-state index contributed by atoms with van der Waals surface area (Å²) < 4.78 is 6.37. The van der Waals surface area contributed by atoms with Gasteiger partial charge in [-0.15, -0.1) is 11.3 Å². The number of primary amides is 1. The zero-order valence-electron chi connectivity index (χ0n) is 15.5. The smallest absolute Gasteiger partial charge is 0.259 e. The molecule has 1 aliphatic rings. The van der Waals surface area contributed by atoms with Crippen LogP contribution in [0.2, 0.25) is 0 Å². The van der Waals surface area contributed by atoms with Crippen LogP contribution in [0.3, 0.4) is 0 Å². The van der Waals surface area contributed by atoms with Crippen molar-refractivity contribution in [2.75, 3.05) is 26.7 Å². The molecular formula is C22H24N2O2S. The lowest BCUT2D eigenvalue weighted by molar-refractivity contribution is 0.100. The summed E-state index contributed by atoms with van der Waals surface area (Å²) in [5.74, 6) is 0.964. The number of nitrogens with two attached hydrogens (primary N) is 1. The van der Waals surface area contributed by atoms with E-state index in [1.165, 1.54) is 22.3 Å². The van der Waals surface area contributed by atoms with Crippen LogP contribution in [0, 0.1) is 0 Å². The van der Waals surface area contributed by atoms with Gasteiger partial charge in [-0.1, -0.05) is 30.3 Å². The Morgan fingerprint density at radius 1 is 1.22 bits per heavy atom. The Bertz CT molecular complexity index is 949. The summed E-state index contributed by atoms with van der Waals surface area (Å²) in [6.45, 7) is 3.07. The second-order valence-corrected chi connectivity index (χ2v) is 8.14. The maximum atomic E-state index is 12.0. The van der Waals surface area contributed by atoms with Crippen LogP contribution < -0.4 is 10.5 Å². The maximum Gasteiger partial charge on any atom is 0.259 e. The highest BCUT2D eigenvalue weighted by molar-refractivity contribution is 7.21. The second-order valence-electron chi connectivity index (χ2n) is 7.09. The Labute approximate surface area is 163 Å². The molecule has 1 atom stereocenters. The SMILES string of the molecule is COc1ccc(CCN2CC[C@@H](c3c(C(N)=O)sc4ccccc34)C2)cc1. The van der Waals surface area contributed by atoms with E-state index >= 15 is 0 Å². The molecule has 0 spiro atoms. The van der Waals surface area contributed by atoms with E-state index in [4.69, 9.17) is 10.5 Å². The molecule has 0 bridgehead atoms. The third kappa shape index (κ3) is 3.70. The summed E-state index contributed by atoms with van der Waals surface area (Å²) in [7, 11) is 1.69. The average molecular weight is 381 g/mol. The van der Waals surface area contributed by atoms with Crippen molar-refractivity contribution in [1.29, 1.82) is 0 Å². The first kappa shape index (κ1) is 18.0. The zero-order valence-corrected chi connectivity index (χ0v) is 16.3. The minimum atomic E-state index is -0.303. The van der Waals surface area contributed by atoms with Crippen molar-refractivity contribution in [3.63, 3.8) is 0 Å². The van der Waals surface area contributed by atoms with Crippen LogP contribution in [0.25, 0.3) is 10.1 Å². The van der Waals surface area contributed by atoms with Crippen molar-refractivity contribution >= 4 is 27.3 Å². The number of methoxy groups -OCH3 is 1. The number of hydrogen-bond acceptors (Lipinski definition) is 4. The summed E-state index contributed by atoms with van der Waals surface area (Å²) >= 11 is 1.53. The largest absolute Gasteiger partial charge is 0.497 e. The second kappa shape index (κ2) is 7.71. The minimum absolute atomic E-state index is 0.303. The molecule has 0 aliphatic carbocycles. The predicted molar refractivity (Wildman–Crippen MR) is 111 cm³/mol. The summed E-state index contributed by atoms with van der Waals surface area (Å²) in [6, 6.07) is 16.5. The number of amides is 1. The van der Waals surface area contributed by atoms with Gasteiger partial charge in [-0.25, -0.2) is 0 Å². The first-order chi connectivity index (χ1) is 13.2. The number of ether oxygens (including phenoxy) is 1. The van der Waals surface area contributed by atoms with E-state index < -0.39 is 0 Å². The van der Waals surface area contributed by atoms with Crippen LogP contribution in [0.5, 0.6) is 5.75 Å². The Morgan fingerprint density at radius 3 is 2.74 bits per heavy atom. The van der Waals surface area contributed by atoms with Gasteiger partial charge >= 0.3 is 0 Å². The number of likely N-dealkylation sites (tertiary alicyclic amines) is 1. The van der Waals surface area contributed by atoms with Gasteiger partial charge in [0, 0.05) is 23.7 Å². The summed E-state index contributed by atoms with van der Waals surface area (Å²) in [6.07, 6.45) is 2.09. The van der Waals surface area contributed by atoms with E-state index in [1.54, 1.807) is 7.11 Å². The number of hydrogen-bond donors (Lipinski definition) is 1. The topological polar surface area (TPSA) is 55.6 Å². The number of thiophene rings is 1. The molecule has 0 unspecified atom stereocenters. The van der Waals surface area contributed by atoms with Gasteiger partial charge in [0.05, 0.1) is 12.0 Å². The third-order valence-electron chi connectivity index (χ3n) is 5.41. The Morgan fingerprint density at radius 2 is 2.00 bits per heavy atom. The molecule has 140 valence electrons. The van der Waals surface area contributed by atoms with Crippen molar-refractivity contribution in [3.05, 3.63) is 64.5 Å². The van der Waals surface area contributed by atoms with Crippen LogP contribution in [-0.4, -0.2) is 37.6 Å². The molecule has 2 aromatic carbocycles. The molecular weight excluding hydrogens is 356 g/mol. The van der Waals surface area contributed by atoms with Crippen molar-refractivity contribution in [2.24, 2.45) is 5.73 Å². The molecule has 3 aromatic rings. The quantitative estimate of drug-likeness (QED) is 0.702. The fourth-order valence-electron chi connectivity index (χ4n) is 4.00. The standard InChI is InChI=1S/C22H24N2O2S/c1-26-17-8-6-15(7-9-17)10-12-24-13-11-16(14-24)20-18-4-2-3-5-19(18)27-21(20)22(23)25/h2-9,16H,10-14H2,1H3,(H2,23,25)/t16-/m1/s1. The molecule has 4 rings (SSSR count). The molecule has 5 heteroatoms. The van der Waals surface area contributed by atoms with E-state index in [0.29, 0.717) is 5.92 Å². The van der Waals surface area contributed by atoms with Gasteiger partial charge in [-0.3, -0.25) is 4.79 Å². The van der Waals surface area contributed by atoms with E-state index in [1.807, 2.05) is 24.3 Å². The third-order valence-corrected chi connectivity index (χ3v) is 6.62.